The lowest BCUT2D eigenvalue weighted by Gasteiger charge is -2.42. The zero-order valence-corrected chi connectivity index (χ0v) is 14.3. The molecule has 0 saturated carbocycles. The van der Waals surface area contributed by atoms with Gasteiger partial charge >= 0.3 is 0 Å². The Hall–Kier alpha value is -1.26. The Morgan fingerprint density at radius 2 is 2.09 bits per heavy atom. The zero-order valence-electron chi connectivity index (χ0n) is 12.7. The molecule has 2 N–H and O–H groups in total. The van der Waals surface area contributed by atoms with Crippen molar-refractivity contribution >= 4 is 34.0 Å². The Kier molecular flexibility index (Phi) is 6.31. The summed E-state index contributed by atoms with van der Waals surface area (Å²) in [7, 11) is 0. The van der Waals surface area contributed by atoms with Gasteiger partial charge in [-0.15, -0.1) is 0 Å². The average Bonchev–Trinajstić information content (AvgIpc) is 2.57. The minimum atomic E-state index is -0.990. The van der Waals surface area contributed by atoms with Gasteiger partial charge in [-0.3, -0.25) is 15.0 Å². The highest BCUT2D eigenvalue weighted by Crippen LogP contribution is 2.28. The highest BCUT2D eigenvalue weighted by molar-refractivity contribution is 8.22. The van der Waals surface area contributed by atoms with Gasteiger partial charge in [0.1, 0.15) is 10.4 Å². The van der Waals surface area contributed by atoms with Crippen molar-refractivity contribution in [3.8, 4) is 0 Å². The van der Waals surface area contributed by atoms with Gasteiger partial charge in [0.25, 0.3) is 5.69 Å². The van der Waals surface area contributed by atoms with Gasteiger partial charge < -0.3 is 15.1 Å². The molecule has 1 aliphatic rings. The van der Waals surface area contributed by atoms with Crippen LogP contribution in [0.3, 0.4) is 0 Å². The van der Waals surface area contributed by atoms with Gasteiger partial charge in [-0.25, -0.2) is 0 Å². The number of nitro benzene ring substituents is 1. The zero-order chi connectivity index (χ0) is 17.0. The molecule has 0 bridgehead atoms. The normalized spacial score (nSPS) is 18.7. The monoisotopic (exact) mass is 357 g/mol. The second-order valence-corrected chi connectivity index (χ2v) is 6.76. The SMILES string of the molecule is CCN1CSC(=S)N([C@@H](CO)[C@@H](O)c2ccc([N+](=O)[O-])cc2)C1. The van der Waals surface area contributed by atoms with Crippen LogP contribution in [0.15, 0.2) is 24.3 Å². The number of hydrogen-bond donors (Lipinski definition) is 2. The van der Waals surface area contributed by atoms with Crippen LogP contribution in [0.2, 0.25) is 0 Å². The Morgan fingerprint density at radius 3 is 2.61 bits per heavy atom. The van der Waals surface area contributed by atoms with Crippen LogP contribution in [0.4, 0.5) is 5.69 Å². The molecule has 7 nitrogen and oxygen atoms in total. The highest BCUT2D eigenvalue weighted by atomic mass is 32.2. The molecule has 0 radical (unpaired) electrons. The van der Waals surface area contributed by atoms with E-state index in [0.29, 0.717) is 16.6 Å². The molecule has 1 heterocycles. The number of nitrogens with zero attached hydrogens (tertiary/aromatic N) is 3. The first-order valence-corrected chi connectivity index (χ1v) is 8.56. The van der Waals surface area contributed by atoms with Crippen LogP contribution in [-0.4, -0.2) is 61.0 Å². The molecule has 0 spiro atoms. The first kappa shape index (κ1) is 18.1. The number of rotatable bonds is 6. The van der Waals surface area contributed by atoms with E-state index in [9.17, 15) is 20.3 Å². The summed E-state index contributed by atoms with van der Waals surface area (Å²) >= 11 is 6.84. The Bertz CT molecular complexity index is 570. The van der Waals surface area contributed by atoms with Crippen LogP contribution in [0, 0.1) is 10.1 Å². The molecule has 0 aliphatic carbocycles. The Labute approximate surface area is 144 Å². The molecule has 9 heteroatoms. The molecular formula is C14H19N3O4S2. The van der Waals surface area contributed by atoms with E-state index < -0.39 is 17.1 Å². The van der Waals surface area contributed by atoms with Crippen LogP contribution >= 0.6 is 24.0 Å². The van der Waals surface area contributed by atoms with Crippen molar-refractivity contribution in [2.45, 2.75) is 19.1 Å². The molecule has 1 fully saturated rings. The molecule has 2 atom stereocenters. The van der Waals surface area contributed by atoms with Gasteiger partial charge in [0.2, 0.25) is 0 Å². The lowest BCUT2D eigenvalue weighted by Crippen LogP contribution is -2.52. The van der Waals surface area contributed by atoms with E-state index >= 15 is 0 Å². The molecule has 2 rings (SSSR count). The summed E-state index contributed by atoms with van der Waals surface area (Å²) < 4.78 is 0.634. The van der Waals surface area contributed by atoms with Gasteiger partial charge in [-0.2, -0.15) is 0 Å². The van der Waals surface area contributed by atoms with E-state index in [1.807, 2.05) is 6.92 Å². The fourth-order valence-corrected chi connectivity index (χ4v) is 3.63. The minimum absolute atomic E-state index is 0.0392. The molecule has 0 amide bonds. The number of thiocarbonyl (C=S) groups is 1. The minimum Gasteiger partial charge on any atom is -0.394 e. The maximum Gasteiger partial charge on any atom is 0.269 e. The lowest BCUT2D eigenvalue weighted by molar-refractivity contribution is -0.384. The van der Waals surface area contributed by atoms with Gasteiger partial charge in [0.15, 0.2) is 0 Å². The molecule has 0 aromatic heterocycles. The topological polar surface area (TPSA) is 90.1 Å². The Balaban J connectivity index is 2.18. The maximum atomic E-state index is 10.7. The van der Waals surface area contributed by atoms with Gasteiger partial charge in [-0.1, -0.05) is 30.9 Å². The second kappa shape index (κ2) is 8.02. The summed E-state index contributed by atoms with van der Waals surface area (Å²) in [4.78, 5) is 14.2. The van der Waals surface area contributed by atoms with Gasteiger partial charge in [0, 0.05) is 12.1 Å². The molecule has 23 heavy (non-hydrogen) atoms. The number of aliphatic hydroxyl groups excluding tert-OH is 2. The smallest absolute Gasteiger partial charge is 0.269 e. The maximum absolute atomic E-state index is 10.7. The van der Waals surface area contributed by atoms with E-state index in [4.69, 9.17) is 12.2 Å². The van der Waals surface area contributed by atoms with Crippen LogP contribution in [-0.2, 0) is 0 Å². The summed E-state index contributed by atoms with van der Waals surface area (Å²) in [5, 5.41) is 31.0. The van der Waals surface area contributed by atoms with E-state index in [2.05, 4.69) is 4.90 Å². The van der Waals surface area contributed by atoms with Crippen LogP contribution in [0.25, 0.3) is 0 Å². The number of hydrogen-bond acceptors (Lipinski definition) is 7. The first-order valence-electron chi connectivity index (χ1n) is 7.17. The average molecular weight is 357 g/mol. The van der Waals surface area contributed by atoms with Gasteiger partial charge in [0.05, 0.1) is 30.1 Å². The van der Waals surface area contributed by atoms with Crippen molar-refractivity contribution < 1.29 is 15.1 Å². The summed E-state index contributed by atoms with van der Waals surface area (Å²) in [6.45, 7) is 3.15. The highest BCUT2D eigenvalue weighted by Gasteiger charge is 2.32. The predicted molar refractivity (Wildman–Crippen MR) is 93.1 cm³/mol. The largest absolute Gasteiger partial charge is 0.394 e. The molecule has 1 saturated heterocycles. The number of aliphatic hydroxyl groups is 2. The van der Waals surface area contributed by atoms with Crippen molar-refractivity contribution in [3.63, 3.8) is 0 Å². The predicted octanol–water partition coefficient (Wildman–Crippen LogP) is 1.56. The molecule has 1 aromatic carbocycles. The fourth-order valence-electron chi connectivity index (χ4n) is 2.36. The molecule has 1 aliphatic heterocycles. The third-order valence-corrected chi connectivity index (χ3v) is 5.37. The summed E-state index contributed by atoms with van der Waals surface area (Å²) in [5.41, 5.74) is 0.471. The van der Waals surface area contributed by atoms with Gasteiger partial charge in [-0.05, 0) is 24.2 Å². The van der Waals surface area contributed by atoms with Crippen molar-refractivity contribution in [2.24, 2.45) is 0 Å². The molecular weight excluding hydrogens is 338 g/mol. The van der Waals surface area contributed by atoms with Crippen LogP contribution in [0.5, 0.6) is 0 Å². The third kappa shape index (κ3) is 4.18. The fraction of sp³-hybridized carbons (Fsp3) is 0.500. The molecule has 0 unspecified atom stereocenters. The van der Waals surface area contributed by atoms with Crippen molar-refractivity contribution in [1.82, 2.24) is 9.80 Å². The number of non-ortho nitro benzene ring substituents is 1. The second-order valence-electron chi connectivity index (χ2n) is 5.18. The third-order valence-electron chi connectivity index (χ3n) is 3.80. The lowest BCUT2D eigenvalue weighted by atomic mass is 10.0. The standard InChI is InChI=1S/C14H19N3O4S2/c1-2-15-8-16(14(22)23-9-15)12(7-18)13(19)10-3-5-11(6-4-10)17(20)21/h3-6,12-13,18-19H,2,7-9H2,1H3/t12-,13-/m0/s1. The van der Waals surface area contributed by atoms with Crippen LogP contribution in [0.1, 0.15) is 18.6 Å². The first-order chi connectivity index (χ1) is 11.0. The number of thioether (sulfide) groups is 1. The quantitative estimate of drug-likeness (QED) is 0.450. The van der Waals surface area contributed by atoms with E-state index in [0.717, 1.165) is 12.4 Å². The molecule has 126 valence electrons. The van der Waals surface area contributed by atoms with E-state index in [-0.39, 0.29) is 12.3 Å². The summed E-state index contributed by atoms with van der Waals surface area (Å²) in [6.07, 6.45) is -0.990. The van der Waals surface area contributed by atoms with Crippen molar-refractivity contribution in [1.29, 1.82) is 0 Å². The Morgan fingerprint density at radius 1 is 1.43 bits per heavy atom. The number of nitro groups is 1. The van der Waals surface area contributed by atoms with Crippen LogP contribution < -0.4 is 0 Å². The van der Waals surface area contributed by atoms with E-state index in [1.54, 1.807) is 4.90 Å². The molecule has 1 aromatic rings. The van der Waals surface area contributed by atoms with E-state index in [1.165, 1.54) is 36.0 Å². The summed E-state index contributed by atoms with van der Waals surface area (Å²) in [5.74, 6) is 0.789. The summed E-state index contributed by atoms with van der Waals surface area (Å²) in [6, 6.07) is 5.10. The van der Waals surface area contributed by atoms with Crippen molar-refractivity contribution in [2.75, 3.05) is 25.7 Å². The van der Waals surface area contributed by atoms with Crippen molar-refractivity contribution in [3.05, 3.63) is 39.9 Å². The number of benzene rings is 1.